The number of aliphatic hydroxyl groups excluding tert-OH is 1. The molecular formula is C39H31Cl2F3N4O6. The molecule has 0 spiro atoms. The Morgan fingerprint density at radius 3 is 2.31 bits per heavy atom. The Kier molecular flexibility index (Phi) is 8.74. The summed E-state index contributed by atoms with van der Waals surface area (Å²) in [4.78, 5) is 63.4. The van der Waals surface area contributed by atoms with Crippen LogP contribution in [0.4, 0.5) is 24.7 Å². The van der Waals surface area contributed by atoms with Crippen molar-refractivity contribution in [1.29, 1.82) is 0 Å². The summed E-state index contributed by atoms with van der Waals surface area (Å²) in [5, 5.41) is 10.6. The Balaban J connectivity index is 1.28. The summed E-state index contributed by atoms with van der Waals surface area (Å²) in [6.45, 7) is 1.53. The van der Waals surface area contributed by atoms with E-state index in [1.165, 1.54) is 4.90 Å². The van der Waals surface area contributed by atoms with Crippen LogP contribution in [-0.2, 0) is 43.8 Å². The molecule has 1 saturated carbocycles. The number of aryl methyl sites for hydroxylation is 1. The third-order valence-corrected chi connectivity index (χ3v) is 11.8. The summed E-state index contributed by atoms with van der Waals surface area (Å²) < 4.78 is 46.5. The van der Waals surface area contributed by atoms with Crippen molar-refractivity contribution in [3.63, 3.8) is 0 Å². The predicted molar refractivity (Wildman–Crippen MR) is 190 cm³/mol. The lowest BCUT2D eigenvalue weighted by molar-refractivity contribution is -0.139. The third-order valence-electron chi connectivity index (χ3n) is 11.3. The van der Waals surface area contributed by atoms with Crippen molar-refractivity contribution in [3.8, 4) is 0 Å². The number of fused-ring (bicyclic) bond motifs is 4. The average molecular weight is 780 g/mol. The van der Waals surface area contributed by atoms with Crippen molar-refractivity contribution in [2.75, 3.05) is 10.3 Å². The van der Waals surface area contributed by atoms with Crippen LogP contribution in [-0.4, -0.2) is 38.7 Å². The number of carbonyl (C=O) groups excluding carboxylic acids is 4. The van der Waals surface area contributed by atoms with E-state index < -0.39 is 76.1 Å². The van der Waals surface area contributed by atoms with Crippen molar-refractivity contribution in [1.82, 2.24) is 9.99 Å². The summed E-state index contributed by atoms with van der Waals surface area (Å²) in [5.74, 6) is -6.83. The number of hydrogen-bond donors (Lipinski definition) is 2. The lowest BCUT2D eigenvalue weighted by Crippen LogP contribution is -2.53. The third kappa shape index (κ3) is 5.38. The number of anilines is 2. The number of carbonyl (C=O) groups is 4. The number of amides is 4. The van der Waals surface area contributed by atoms with Crippen LogP contribution in [0.25, 0.3) is 0 Å². The Bertz CT molecular complexity index is 2240. The van der Waals surface area contributed by atoms with Gasteiger partial charge in [-0.05, 0) is 78.8 Å². The number of aliphatic hydroxyl groups is 1. The number of pyridine rings is 1. The molecule has 0 radical (unpaired) electrons. The van der Waals surface area contributed by atoms with Crippen LogP contribution < -0.4 is 10.3 Å². The molecule has 4 heterocycles. The molecule has 4 aliphatic rings. The number of alkyl halides is 3. The zero-order valence-electron chi connectivity index (χ0n) is 28.4. The zero-order chi connectivity index (χ0) is 38.3. The van der Waals surface area contributed by atoms with Crippen LogP contribution in [0.5, 0.6) is 0 Å². The van der Waals surface area contributed by atoms with Crippen molar-refractivity contribution in [3.05, 3.63) is 123 Å². The maximum atomic E-state index is 15.2. The number of rotatable bonds is 7. The highest BCUT2D eigenvalue weighted by atomic mass is 35.5. The normalized spacial score (nSPS) is 26.5. The molecule has 10 nitrogen and oxygen atoms in total. The van der Waals surface area contributed by atoms with Crippen molar-refractivity contribution >= 4 is 58.3 Å². The second-order valence-electron chi connectivity index (χ2n) is 13.9. The summed E-state index contributed by atoms with van der Waals surface area (Å²) in [6.07, 6.45) is -1.47. The average Bonchev–Trinajstić information content (AvgIpc) is 3.79. The van der Waals surface area contributed by atoms with Gasteiger partial charge in [-0.15, -0.1) is 0 Å². The molecule has 6 unspecified atom stereocenters. The van der Waals surface area contributed by atoms with E-state index in [4.69, 9.17) is 27.6 Å². The number of allylic oxidation sites excluding steroid dienone is 2. The number of benzene rings is 2. The maximum absolute atomic E-state index is 15.2. The first kappa shape index (κ1) is 36.0. The van der Waals surface area contributed by atoms with E-state index in [9.17, 15) is 32.7 Å². The van der Waals surface area contributed by atoms with Crippen molar-refractivity contribution in [2.24, 2.45) is 23.7 Å². The standard InChI is InChI=1S/C39H31Cl2F3N4O6/c1-2-19-3-9-23(10-4-19)47-34(50)26-13-12-25-27(31(26)36(47)52)16-28-35(51)48(46-33-29(41)15-21(17-45-33)39(42,43)44)37(53)38(28,20-5-7-22(40)8-6-20)32(25)30-14-11-24(18-49)54-30/h3-12,14-15,17,26-28,31-32,49H,2,13,16,18H2,1H3,(H,45,46). The molecule has 8 rings (SSSR count). The first-order valence-corrected chi connectivity index (χ1v) is 18.0. The quantitative estimate of drug-likeness (QED) is 0.148. The molecule has 2 saturated heterocycles. The number of furan rings is 1. The predicted octanol–water partition coefficient (Wildman–Crippen LogP) is 7.24. The first-order chi connectivity index (χ1) is 25.8. The lowest BCUT2D eigenvalue weighted by atomic mass is 9.50. The van der Waals surface area contributed by atoms with E-state index in [-0.39, 0.29) is 36.1 Å². The van der Waals surface area contributed by atoms with Gasteiger partial charge in [0.15, 0.2) is 5.82 Å². The van der Waals surface area contributed by atoms with Crippen LogP contribution in [0.15, 0.2) is 89.0 Å². The Labute approximate surface area is 316 Å². The number of hydrogen-bond acceptors (Lipinski definition) is 8. The number of halogens is 5. The fourth-order valence-corrected chi connectivity index (χ4v) is 9.20. The van der Waals surface area contributed by atoms with Gasteiger partial charge >= 0.3 is 6.18 Å². The largest absolute Gasteiger partial charge is 0.463 e. The minimum Gasteiger partial charge on any atom is -0.463 e. The number of nitrogens with one attached hydrogen (secondary N) is 1. The molecule has 15 heteroatoms. The van der Waals surface area contributed by atoms with E-state index in [0.717, 1.165) is 12.0 Å². The fraction of sp³-hybridized carbons (Fsp3) is 0.308. The molecule has 278 valence electrons. The zero-order valence-corrected chi connectivity index (χ0v) is 30.0. The number of hydrazine groups is 1. The minimum atomic E-state index is -4.75. The topological polar surface area (TPSA) is 133 Å². The molecule has 4 aromatic rings. The van der Waals surface area contributed by atoms with Crippen molar-refractivity contribution < 1.29 is 41.9 Å². The molecular weight excluding hydrogens is 748 g/mol. The molecule has 4 amide bonds. The second kappa shape index (κ2) is 13.1. The molecule has 3 fully saturated rings. The molecule has 0 bridgehead atoms. The molecule has 54 heavy (non-hydrogen) atoms. The van der Waals surface area contributed by atoms with Gasteiger partial charge in [-0.3, -0.25) is 29.5 Å². The molecule has 2 aromatic carbocycles. The molecule has 2 N–H and O–H groups in total. The summed E-state index contributed by atoms with van der Waals surface area (Å²) in [7, 11) is 0. The number of nitrogens with zero attached hydrogens (tertiary/aromatic N) is 3. The van der Waals surface area contributed by atoms with Gasteiger partial charge in [0.25, 0.3) is 11.8 Å². The number of aromatic nitrogens is 1. The summed E-state index contributed by atoms with van der Waals surface area (Å²) in [5.41, 5.74) is 2.17. The van der Waals surface area contributed by atoms with Gasteiger partial charge in [0.2, 0.25) is 11.8 Å². The van der Waals surface area contributed by atoms with E-state index >= 15 is 4.79 Å². The SMILES string of the molecule is CCc1ccc(N2C(=O)C3CC=C4C(CC5C(=O)N(Nc6ncc(C(F)(F)F)cc6Cl)C(=O)C5(c5ccc(Cl)cc5)C4c4ccc(CO)o4)C3C2=O)cc1. The summed E-state index contributed by atoms with van der Waals surface area (Å²) in [6, 6.07) is 17.3. The Morgan fingerprint density at radius 1 is 0.963 bits per heavy atom. The smallest absolute Gasteiger partial charge is 0.417 e. The van der Waals surface area contributed by atoms with Gasteiger partial charge in [0.05, 0.1) is 39.9 Å². The van der Waals surface area contributed by atoms with E-state index in [1.54, 1.807) is 48.5 Å². The fourth-order valence-electron chi connectivity index (χ4n) is 8.86. The van der Waals surface area contributed by atoms with Gasteiger partial charge in [0, 0.05) is 11.2 Å². The highest BCUT2D eigenvalue weighted by Crippen LogP contribution is 2.64. The van der Waals surface area contributed by atoms with Crippen LogP contribution in [0.2, 0.25) is 10.0 Å². The molecule has 2 aliphatic carbocycles. The van der Waals surface area contributed by atoms with E-state index in [1.807, 2.05) is 25.1 Å². The van der Waals surface area contributed by atoms with E-state index in [0.29, 0.717) is 39.1 Å². The number of imide groups is 2. The maximum Gasteiger partial charge on any atom is 0.417 e. The summed E-state index contributed by atoms with van der Waals surface area (Å²) >= 11 is 12.5. The monoisotopic (exact) mass is 778 g/mol. The highest BCUT2D eigenvalue weighted by Gasteiger charge is 2.71. The van der Waals surface area contributed by atoms with Crippen LogP contribution >= 0.6 is 23.2 Å². The lowest BCUT2D eigenvalue weighted by Gasteiger charge is -2.49. The van der Waals surface area contributed by atoms with E-state index in [2.05, 4.69) is 10.4 Å². The van der Waals surface area contributed by atoms with Crippen LogP contribution in [0.1, 0.15) is 53.9 Å². The Morgan fingerprint density at radius 2 is 1.69 bits per heavy atom. The van der Waals surface area contributed by atoms with Gasteiger partial charge in [-0.2, -0.15) is 18.2 Å². The van der Waals surface area contributed by atoms with Crippen molar-refractivity contribution in [2.45, 2.75) is 50.3 Å². The molecule has 2 aliphatic heterocycles. The molecule has 6 atom stereocenters. The first-order valence-electron chi connectivity index (χ1n) is 17.3. The van der Waals surface area contributed by atoms with Crippen LogP contribution in [0.3, 0.4) is 0 Å². The minimum absolute atomic E-state index is 0.0434. The van der Waals surface area contributed by atoms with Gasteiger partial charge in [-0.1, -0.05) is 66.0 Å². The van der Waals surface area contributed by atoms with Gasteiger partial charge < -0.3 is 9.52 Å². The van der Waals surface area contributed by atoms with Gasteiger partial charge in [-0.25, -0.2) is 4.98 Å². The highest BCUT2D eigenvalue weighted by molar-refractivity contribution is 6.33. The molecule has 2 aromatic heterocycles. The Hall–Kier alpha value is -4.98. The van der Waals surface area contributed by atoms with Gasteiger partial charge in [0.1, 0.15) is 23.5 Å². The van der Waals surface area contributed by atoms with Crippen LogP contribution in [0, 0.1) is 23.7 Å². The second-order valence-corrected chi connectivity index (χ2v) is 14.8.